The van der Waals surface area contributed by atoms with Crippen molar-refractivity contribution in [3.63, 3.8) is 0 Å². The van der Waals surface area contributed by atoms with Gasteiger partial charge in [-0.3, -0.25) is 4.79 Å². The number of amides is 1. The minimum atomic E-state index is -0.896. The number of nitrogens with zero attached hydrogens (tertiary/aromatic N) is 1. The summed E-state index contributed by atoms with van der Waals surface area (Å²) in [5.74, 6) is -0.614. The summed E-state index contributed by atoms with van der Waals surface area (Å²) in [5, 5.41) is 12.5. The Hall–Kier alpha value is -1.14. The molecule has 2 fully saturated rings. The Morgan fingerprint density at radius 2 is 2.26 bits per heavy atom. The van der Waals surface area contributed by atoms with E-state index in [0.29, 0.717) is 38.5 Å². The fourth-order valence-electron chi connectivity index (χ4n) is 2.75. The van der Waals surface area contributed by atoms with Crippen molar-refractivity contribution in [1.82, 2.24) is 10.2 Å². The molecule has 2 aliphatic rings. The molecule has 108 valence electrons. The zero-order chi connectivity index (χ0) is 13.8. The van der Waals surface area contributed by atoms with Gasteiger partial charge in [-0.1, -0.05) is 6.92 Å². The molecule has 2 saturated heterocycles. The van der Waals surface area contributed by atoms with E-state index < -0.39 is 12.0 Å². The molecule has 0 aliphatic carbocycles. The number of carbonyl (C=O) groups is 2. The second kappa shape index (κ2) is 6.34. The van der Waals surface area contributed by atoms with E-state index in [1.165, 1.54) is 4.90 Å². The Balaban J connectivity index is 1.93. The third kappa shape index (κ3) is 3.67. The monoisotopic (exact) mass is 270 g/mol. The van der Waals surface area contributed by atoms with E-state index >= 15 is 0 Å². The molecule has 0 saturated carbocycles. The maximum atomic E-state index is 12.3. The molecule has 0 bridgehead atoms. The van der Waals surface area contributed by atoms with Gasteiger partial charge >= 0.3 is 5.97 Å². The summed E-state index contributed by atoms with van der Waals surface area (Å²) in [6.07, 6.45) is 1.75. The minimum Gasteiger partial charge on any atom is -0.480 e. The molecule has 2 aliphatic heterocycles. The van der Waals surface area contributed by atoms with Crippen LogP contribution in [0.3, 0.4) is 0 Å². The van der Waals surface area contributed by atoms with E-state index in [1.54, 1.807) is 0 Å². The average Bonchev–Trinajstić information content (AvgIpc) is 2.39. The highest BCUT2D eigenvalue weighted by molar-refractivity contribution is 5.84. The minimum absolute atomic E-state index is 0.00930. The van der Waals surface area contributed by atoms with E-state index in [4.69, 9.17) is 4.74 Å². The van der Waals surface area contributed by atoms with Crippen LogP contribution in [0.25, 0.3) is 0 Å². The van der Waals surface area contributed by atoms with Crippen molar-refractivity contribution in [3.8, 4) is 0 Å². The van der Waals surface area contributed by atoms with Crippen molar-refractivity contribution >= 4 is 11.9 Å². The van der Waals surface area contributed by atoms with Crippen molar-refractivity contribution in [2.24, 2.45) is 5.92 Å². The fraction of sp³-hybridized carbons (Fsp3) is 0.846. The number of hydrogen-bond donors (Lipinski definition) is 2. The molecule has 3 unspecified atom stereocenters. The van der Waals surface area contributed by atoms with Crippen molar-refractivity contribution in [2.75, 3.05) is 26.3 Å². The molecule has 0 aromatic rings. The Labute approximate surface area is 113 Å². The van der Waals surface area contributed by atoms with Crippen molar-refractivity contribution < 1.29 is 19.4 Å². The van der Waals surface area contributed by atoms with Crippen LogP contribution in [0.2, 0.25) is 0 Å². The predicted octanol–water partition coefficient (Wildman–Crippen LogP) is 0.0766. The molecule has 0 aromatic heterocycles. The summed E-state index contributed by atoms with van der Waals surface area (Å²) < 4.78 is 5.31. The summed E-state index contributed by atoms with van der Waals surface area (Å²) >= 11 is 0. The molecular formula is C13H22N2O4. The first-order valence-corrected chi connectivity index (χ1v) is 6.91. The van der Waals surface area contributed by atoms with Gasteiger partial charge in [0, 0.05) is 25.6 Å². The Bertz CT molecular complexity index is 342. The molecule has 0 aromatic carbocycles. The lowest BCUT2D eigenvalue weighted by molar-refractivity contribution is -0.153. The lowest BCUT2D eigenvalue weighted by Gasteiger charge is -2.37. The first-order valence-electron chi connectivity index (χ1n) is 6.91. The lowest BCUT2D eigenvalue weighted by Crippen LogP contribution is -2.52. The molecule has 2 rings (SSSR count). The topological polar surface area (TPSA) is 78.9 Å². The Morgan fingerprint density at radius 1 is 1.47 bits per heavy atom. The van der Waals surface area contributed by atoms with Crippen molar-refractivity contribution in [3.05, 3.63) is 0 Å². The number of hydrogen-bond acceptors (Lipinski definition) is 4. The molecular weight excluding hydrogens is 248 g/mol. The van der Waals surface area contributed by atoms with Gasteiger partial charge in [-0.25, -0.2) is 4.79 Å². The van der Waals surface area contributed by atoms with E-state index in [0.717, 1.165) is 13.0 Å². The second-order valence-electron chi connectivity index (χ2n) is 5.50. The smallest absolute Gasteiger partial charge is 0.326 e. The summed E-state index contributed by atoms with van der Waals surface area (Å²) in [6, 6.07) is -0.657. The number of aliphatic carboxylic acids is 1. The number of piperidine rings is 1. The van der Waals surface area contributed by atoms with Gasteiger partial charge in [0.15, 0.2) is 0 Å². The van der Waals surface area contributed by atoms with Gasteiger partial charge in [0.1, 0.15) is 6.04 Å². The summed E-state index contributed by atoms with van der Waals surface area (Å²) in [5.41, 5.74) is 0. The number of carboxylic acids is 1. The maximum Gasteiger partial charge on any atom is 0.326 e. The molecule has 0 spiro atoms. The van der Waals surface area contributed by atoms with E-state index in [9.17, 15) is 14.7 Å². The van der Waals surface area contributed by atoms with E-state index in [-0.39, 0.29) is 11.9 Å². The molecule has 2 N–H and O–H groups in total. The van der Waals surface area contributed by atoms with Gasteiger partial charge in [-0.15, -0.1) is 0 Å². The normalized spacial score (nSPS) is 32.1. The number of ether oxygens (including phenoxy) is 1. The largest absolute Gasteiger partial charge is 0.480 e. The van der Waals surface area contributed by atoms with Crippen LogP contribution in [0.1, 0.15) is 26.2 Å². The summed E-state index contributed by atoms with van der Waals surface area (Å²) in [6.45, 7) is 4.52. The number of morpholine rings is 1. The van der Waals surface area contributed by atoms with Gasteiger partial charge < -0.3 is 20.1 Å². The quantitative estimate of drug-likeness (QED) is 0.759. The molecule has 6 heteroatoms. The molecule has 3 atom stereocenters. The zero-order valence-electron chi connectivity index (χ0n) is 11.3. The zero-order valence-corrected chi connectivity index (χ0v) is 11.3. The van der Waals surface area contributed by atoms with Crippen LogP contribution in [0, 0.1) is 5.92 Å². The third-order valence-electron chi connectivity index (χ3n) is 3.89. The van der Waals surface area contributed by atoms with E-state index in [1.807, 2.05) is 6.92 Å². The third-order valence-corrected chi connectivity index (χ3v) is 3.89. The second-order valence-corrected chi connectivity index (χ2v) is 5.50. The van der Waals surface area contributed by atoms with Crippen LogP contribution in [0.4, 0.5) is 0 Å². The Kier molecular flexibility index (Phi) is 4.76. The standard InChI is InChI=1S/C13H22N2O4/c1-9-2-4-15(11(6-9)13(17)18)12(16)7-10-8-19-5-3-14-10/h9-11,14H,2-8H2,1H3,(H,17,18). The predicted molar refractivity (Wildman–Crippen MR) is 68.8 cm³/mol. The Morgan fingerprint density at radius 3 is 2.89 bits per heavy atom. The first kappa shape index (κ1) is 14.3. The van der Waals surface area contributed by atoms with Crippen LogP contribution in [-0.4, -0.2) is 60.3 Å². The SMILES string of the molecule is CC1CCN(C(=O)CC2COCCN2)C(C(=O)O)C1. The van der Waals surface area contributed by atoms with Gasteiger partial charge in [-0.2, -0.15) is 0 Å². The van der Waals surface area contributed by atoms with Crippen LogP contribution < -0.4 is 5.32 Å². The van der Waals surface area contributed by atoms with Gasteiger partial charge in [0.05, 0.1) is 13.2 Å². The summed E-state index contributed by atoms with van der Waals surface area (Å²) in [7, 11) is 0. The van der Waals surface area contributed by atoms with Crippen molar-refractivity contribution in [2.45, 2.75) is 38.3 Å². The molecule has 0 radical (unpaired) electrons. The first-order chi connectivity index (χ1) is 9.08. The van der Waals surface area contributed by atoms with Crippen LogP contribution in [0.5, 0.6) is 0 Å². The van der Waals surface area contributed by atoms with E-state index in [2.05, 4.69) is 5.32 Å². The highest BCUT2D eigenvalue weighted by atomic mass is 16.5. The summed E-state index contributed by atoms with van der Waals surface area (Å²) in [4.78, 5) is 25.1. The maximum absolute atomic E-state index is 12.3. The fourth-order valence-corrected chi connectivity index (χ4v) is 2.75. The van der Waals surface area contributed by atoms with Crippen molar-refractivity contribution in [1.29, 1.82) is 0 Å². The highest BCUT2D eigenvalue weighted by Crippen LogP contribution is 2.23. The van der Waals surface area contributed by atoms with Crippen LogP contribution >= 0.6 is 0 Å². The molecule has 1 amide bonds. The number of carboxylic acid groups (broad SMARTS) is 1. The van der Waals surface area contributed by atoms with Gasteiger partial charge in [0.25, 0.3) is 0 Å². The number of nitrogens with one attached hydrogen (secondary N) is 1. The van der Waals surface area contributed by atoms with Crippen LogP contribution in [-0.2, 0) is 14.3 Å². The number of likely N-dealkylation sites (tertiary alicyclic amines) is 1. The van der Waals surface area contributed by atoms with Gasteiger partial charge in [-0.05, 0) is 18.8 Å². The number of rotatable bonds is 3. The number of carbonyl (C=O) groups excluding carboxylic acids is 1. The highest BCUT2D eigenvalue weighted by Gasteiger charge is 2.35. The molecule has 19 heavy (non-hydrogen) atoms. The van der Waals surface area contributed by atoms with Crippen LogP contribution in [0.15, 0.2) is 0 Å². The van der Waals surface area contributed by atoms with Gasteiger partial charge in [0.2, 0.25) is 5.91 Å². The molecule has 6 nitrogen and oxygen atoms in total. The molecule has 2 heterocycles. The lowest BCUT2D eigenvalue weighted by atomic mass is 9.92. The average molecular weight is 270 g/mol.